The number of aromatic nitrogens is 2. The van der Waals surface area contributed by atoms with Crippen molar-refractivity contribution >= 4 is 5.97 Å². The number of fused-ring (bicyclic) bond motifs is 1. The highest BCUT2D eigenvalue weighted by atomic mass is 16.4. The van der Waals surface area contributed by atoms with Gasteiger partial charge in [0.15, 0.2) is 0 Å². The second kappa shape index (κ2) is 5.93. The van der Waals surface area contributed by atoms with E-state index in [1.54, 1.807) is 4.68 Å². The van der Waals surface area contributed by atoms with E-state index in [1.165, 1.54) is 31.5 Å². The molecule has 2 saturated heterocycles. The van der Waals surface area contributed by atoms with E-state index >= 15 is 0 Å². The Bertz CT molecular complexity index is 473. The predicted molar refractivity (Wildman–Crippen MR) is 74.4 cm³/mol. The van der Waals surface area contributed by atoms with Crippen molar-refractivity contribution in [1.29, 1.82) is 0 Å². The number of aliphatic carboxylic acids is 1. The lowest BCUT2D eigenvalue weighted by molar-refractivity contribution is -0.137. The fourth-order valence-corrected chi connectivity index (χ4v) is 3.28. The van der Waals surface area contributed by atoms with E-state index in [9.17, 15) is 4.79 Å². The molecule has 3 heterocycles. The summed E-state index contributed by atoms with van der Waals surface area (Å²) >= 11 is 0. The molecule has 6 nitrogen and oxygen atoms in total. The molecule has 0 saturated carbocycles. The number of hydrogen-bond donors (Lipinski definition) is 1. The number of nitrogens with zero attached hydrogens (tertiary/aromatic N) is 4. The summed E-state index contributed by atoms with van der Waals surface area (Å²) in [5.41, 5.74) is 1.18. The fraction of sp³-hybridized carbons (Fsp3) is 0.714. The van der Waals surface area contributed by atoms with Crippen molar-refractivity contribution in [2.24, 2.45) is 0 Å². The molecule has 6 heteroatoms. The van der Waals surface area contributed by atoms with Crippen molar-refractivity contribution in [2.45, 2.75) is 38.4 Å². The minimum atomic E-state index is -0.778. The Kier molecular flexibility index (Phi) is 4.03. The summed E-state index contributed by atoms with van der Waals surface area (Å²) in [7, 11) is 0. The summed E-state index contributed by atoms with van der Waals surface area (Å²) in [6.45, 7) is 6.10. The molecule has 0 aliphatic carbocycles. The molecule has 3 rings (SSSR count). The van der Waals surface area contributed by atoms with Crippen LogP contribution < -0.4 is 0 Å². The van der Waals surface area contributed by atoms with Crippen LogP contribution in [0.4, 0.5) is 0 Å². The highest BCUT2D eigenvalue weighted by Gasteiger charge is 2.30. The normalized spacial score (nSPS) is 23.9. The van der Waals surface area contributed by atoms with E-state index in [-0.39, 0.29) is 6.42 Å². The van der Waals surface area contributed by atoms with Crippen LogP contribution in [0.15, 0.2) is 12.4 Å². The SMILES string of the molecule is O=C(O)CCn1cc(CN2CCN3CCC[C@H]3C2)cn1. The average molecular weight is 278 g/mol. The van der Waals surface area contributed by atoms with E-state index in [1.807, 2.05) is 12.4 Å². The molecule has 0 aromatic carbocycles. The van der Waals surface area contributed by atoms with Crippen molar-refractivity contribution < 1.29 is 9.90 Å². The lowest BCUT2D eigenvalue weighted by atomic mass is 10.1. The molecule has 0 amide bonds. The molecule has 0 radical (unpaired) electrons. The van der Waals surface area contributed by atoms with Gasteiger partial charge in [0.25, 0.3) is 0 Å². The monoisotopic (exact) mass is 278 g/mol. The minimum absolute atomic E-state index is 0.127. The second-order valence-electron chi connectivity index (χ2n) is 5.82. The standard InChI is InChI=1S/C14H22N4O2/c19-14(20)3-5-18-10-12(8-15-18)9-16-6-7-17-4-1-2-13(17)11-16/h8,10,13H,1-7,9,11H2,(H,19,20)/t13-/m0/s1. The molecule has 1 atom stereocenters. The molecule has 0 bridgehead atoms. The van der Waals surface area contributed by atoms with E-state index < -0.39 is 5.97 Å². The summed E-state index contributed by atoms with van der Waals surface area (Å²) < 4.78 is 1.73. The van der Waals surface area contributed by atoms with Gasteiger partial charge in [-0.2, -0.15) is 5.10 Å². The van der Waals surface area contributed by atoms with Gasteiger partial charge in [-0.3, -0.25) is 19.3 Å². The Balaban J connectivity index is 1.51. The third-order valence-corrected chi connectivity index (χ3v) is 4.32. The Morgan fingerprint density at radius 1 is 1.40 bits per heavy atom. The van der Waals surface area contributed by atoms with Crippen molar-refractivity contribution in [3.05, 3.63) is 18.0 Å². The molecule has 2 aliphatic heterocycles. The number of carboxylic acids is 1. The third kappa shape index (κ3) is 3.19. The number of aryl methyl sites for hydroxylation is 1. The lowest BCUT2D eigenvalue weighted by Crippen LogP contribution is -2.49. The van der Waals surface area contributed by atoms with Gasteiger partial charge in [0.2, 0.25) is 0 Å². The van der Waals surface area contributed by atoms with E-state index in [0.717, 1.165) is 25.7 Å². The quantitative estimate of drug-likeness (QED) is 0.856. The van der Waals surface area contributed by atoms with Crippen LogP contribution in [-0.4, -0.2) is 62.9 Å². The van der Waals surface area contributed by atoms with Gasteiger partial charge in [-0.25, -0.2) is 0 Å². The van der Waals surface area contributed by atoms with Crippen LogP contribution in [0.5, 0.6) is 0 Å². The van der Waals surface area contributed by atoms with Crippen molar-refractivity contribution in [3.8, 4) is 0 Å². The van der Waals surface area contributed by atoms with Gasteiger partial charge in [0, 0.05) is 44.0 Å². The summed E-state index contributed by atoms with van der Waals surface area (Å²) in [4.78, 5) is 15.6. The number of piperazine rings is 1. The fourth-order valence-electron chi connectivity index (χ4n) is 3.28. The Hall–Kier alpha value is -1.40. The first-order valence-corrected chi connectivity index (χ1v) is 7.40. The third-order valence-electron chi connectivity index (χ3n) is 4.32. The van der Waals surface area contributed by atoms with Crippen LogP contribution in [-0.2, 0) is 17.9 Å². The Labute approximate surface area is 119 Å². The van der Waals surface area contributed by atoms with Gasteiger partial charge in [0.1, 0.15) is 0 Å². The minimum Gasteiger partial charge on any atom is -0.481 e. The lowest BCUT2D eigenvalue weighted by Gasteiger charge is -2.37. The summed E-state index contributed by atoms with van der Waals surface area (Å²) in [6.07, 6.45) is 6.63. The zero-order chi connectivity index (χ0) is 13.9. The second-order valence-corrected chi connectivity index (χ2v) is 5.82. The number of carboxylic acid groups (broad SMARTS) is 1. The maximum absolute atomic E-state index is 10.5. The topological polar surface area (TPSA) is 61.6 Å². The van der Waals surface area contributed by atoms with Gasteiger partial charge in [-0.1, -0.05) is 0 Å². The van der Waals surface area contributed by atoms with Gasteiger partial charge >= 0.3 is 5.97 Å². The molecule has 2 aliphatic rings. The number of rotatable bonds is 5. The molecule has 1 N–H and O–H groups in total. The first kappa shape index (κ1) is 13.6. The molecular weight excluding hydrogens is 256 g/mol. The number of carbonyl (C=O) groups is 1. The summed E-state index contributed by atoms with van der Waals surface area (Å²) in [5.74, 6) is -0.778. The van der Waals surface area contributed by atoms with Gasteiger partial charge in [-0.15, -0.1) is 0 Å². The molecule has 0 spiro atoms. The summed E-state index contributed by atoms with van der Waals surface area (Å²) in [5, 5.41) is 12.9. The predicted octanol–water partition coefficient (Wildman–Crippen LogP) is 0.638. The first-order chi connectivity index (χ1) is 9.70. The first-order valence-electron chi connectivity index (χ1n) is 7.40. The zero-order valence-corrected chi connectivity index (χ0v) is 11.7. The van der Waals surface area contributed by atoms with Crippen LogP contribution in [0.2, 0.25) is 0 Å². The van der Waals surface area contributed by atoms with Gasteiger partial charge in [-0.05, 0) is 19.4 Å². The molecule has 2 fully saturated rings. The van der Waals surface area contributed by atoms with Crippen LogP contribution in [0.1, 0.15) is 24.8 Å². The maximum Gasteiger partial charge on any atom is 0.305 e. The Morgan fingerprint density at radius 3 is 3.15 bits per heavy atom. The van der Waals surface area contributed by atoms with Crippen molar-refractivity contribution in [1.82, 2.24) is 19.6 Å². The van der Waals surface area contributed by atoms with Gasteiger partial charge in [0.05, 0.1) is 19.2 Å². The van der Waals surface area contributed by atoms with E-state index in [0.29, 0.717) is 6.54 Å². The van der Waals surface area contributed by atoms with Gasteiger partial charge < -0.3 is 5.11 Å². The molecule has 110 valence electrons. The molecule has 20 heavy (non-hydrogen) atoms. The highest BCUT2D eigenvalue weighted by Crippen LogP contribution is 2.22. The largest absolute Gasteiger partial charge is 0.481 e. The maximum atomic E-state index is 10.5. The van der Waals surface area contributed by atoms with Crippen LogP contribution in [0.3, 0.4) is 0 Å². The van der Waals surface area contributed by atoms with E-state index in [2.05, 4.69) is 14.9 Å². The summed E-state index contributed by atoms with van der Waals surface area (Å²) in [6, 6.07) is 0.741. The number of hydrogen-bond acceptors (Lipinski definition) is 4. The average Bonchev–Trinajstić information content (AvgIpc) is 3.04. The Morgan fingerprint density at radius 2 is 2.30 bits per heavy atom. The van der Waals surface area contributed by atoms with Crippen LogP contribution >= 0.6 is 0 Å². The van der Waals surface area contributed by atoms with Crippen LogP contribution in [0.25, 0.3) is 0 Å². The molecule has 1 aromatic heterocycles. The molecule has 0 unspecified atom stereocenters. The highest BCUT2D eigenvalue weighted by molar-refractivity contribution is 5.66. The van der Waals surface area contributed by atoms with Crippen molar-refractivity contribution in [3.63, 3.8) is 0 Å². The van der Waals surface area contributed by atoms with Crippen molar-refractivity contribution in [2.75, 3.05) is 26.2 Å². The van der Waals surface area contributed by atoms with Crippen LogP contribution in [0, 0.1) is 0 Å². The van der Waals surface area contributed by atoms with E-state index in [4.69, 9.17) is 5.11 Å². The smallest absolute Gasteiger partial charge is 0.305 e. The molecule has 1 aromatic rings. The molecular formula is C14H22N4O2. The zero-order valence-electron chi connectivity index (χ0n) is 11.7.